The van der Waals surface area contributed by atoms with Gasteiger partial charge in [0, 0.05) is 6.42 Å². The van der Waals surface area contributed by atoms with Crippen LogP contribution in [0.25, 0.3) is 0 Å². The summed E-state index contributed by atoms with van der Waals surface area (Å²) in [6, 6.07) is 6.49. The van der Waals surface area contributed by atoms with E-state index in [0.29, 0.717) is 17.7 Å². The van der Waals surface area contributed by atoms with Crippen LogP contribution in [0.1, 0.15) is 62.2 Å². The summed E-state index contributed by atoms with van der Waals surface area (Å²) in [7, 11) is 1.55. The number of rotatable bonds is 9. The van der Waals surface area contributed by atoms with E-state index in [1.807, 2.05) is 0 Å². The molecule has 118 valence electrons. The molecule has 0 aromatic heterocycles. The Balaban J connectivity index is 0.00000441. The Hall–Kier alpha value is -0.840. The Bertz CT molecular complexity index is 442. The van der Waals surface area contributed by atoms with Gasteiger partial charge in [-0.05, 0) is 30.7 Å². The quantitative estimate of drug-likeness (QED) is 0.303. The second-order valence-electron chi connectivity index (χ2n) is 5.01. The van der Waals surface area contributed by atoms with Gasteiger partial charge in [0.25, 0.3) is 0 Å². The third kappa shape index (κ3) is 8.57. The summed E-state index contributed by atoms with van der Waals surface area (Å²) in [5.74, 6) is -0.398. The molecule has 22 heavy (non-hydrogen) atoms. The number of esters is 2. The number of hydrogen-bond donors (Lipinski definition) is 0. The monoisotopic (exact) mass is 316 g/mol. The third-order valence-corrected chi connectivity index (χ3v) is 3.27. The van der Waals surface area contributed by atoms with E-state index in [2.05, 4.69) is 6.92 Å². The van der Waals surface area contributed by atoms with E-state index in [4.69, 9.17) is 9.47 Å². The number of carbonyl (C=O) groups excluding carboxylic acids is 2. The molecular weight excluding hydrogens is 291 g/mol. The first-order valence-corrected chi connectivity index (χ1v) is 7.56. The van der Waals surface area contributed by atoms with E-state index >= 15 is 0 Å². The minimum absolute atomic E-state index is 0. The molecule has 0 amide bonds. The maximum absolute atomic E-state index is 11.7. The Morgan fingerprint density at radius 3 is 2.14 bits per heavy atom. The van der Waals surface area contributed by atoms with E-state index in [0.717, 1.165) is 19.3 Å². The molecule has 0 atom stereocenters. The van der Waals surface area contributed by atoms with Crippen LogP contribution in [0.3, 0.4) is 0 Å². The molecule has 5 heteroatoms. The van der Waals surface area contributed by atoms with Crippen molar-refractivity contribution in [3.63, 3.8) is 0 Å². The zero-order valence-corrected chi connectivity index (χ0v) is 12.9. The first kappa shape index (κ1) is 21.2. The molecule has 0 saturated heterocycles. The molecule has 0 spiro atoms. The summed E-state index contributed by atoms with van der Waals surface area (Å²) in [5, 5.41) is 0. The number of carbonyl (C=O) groups is 2. The van der Waals surface area contributed by atoms with Crippen LogP contribution in [0.15, 0.2) is 24.3 Å². The molecule has 0 radical (unpaired) electrons. The van der Waals surface area contributed by atoms with E-state index in [9.17, 15) is 9.59 Å². The van der Waals surface area contributed by atoms with Gasteiger partial charge in [0.2, 0.25) is 0 Å². The van der Waals surface area contributed by atoms with Crippen molar-refractivity contribution in [1.29, 1.82) is 0 Å². The molecule has 0 saturated carbocycles. The number of benzene rings is 1. The van der Waals surface area contributed by atoms with Gasteiger partial charge >= 0.3 is 41.5 Å². The van der Waals surface area contributed by atoms with E-state index in [-0.39, 0.29) is 29.6 Å². The second kappa shape index (κ2) is 12.7. The molecular formula is C17H25NaO4. The van der Waals surface area contributed by atoms with Gasteiger partial charge in [-0.3, -0.25) is 4.79 Å². The van der Waals surface area contributed by atoms with E-state index < -0.39 is 11.9 Å². The Labute approximate surface area is 154 Å². The van der Waals surface area contributed by atoms with Crippen molar-refractivity contribution in [3.05, 3.63) is 29.8 Å². The van der Waals surface area contributed by atoms with Crippen molar-refractivity contribution in [1.82, 2.24) is 0 Å². The van der Waals surface area contributed by atoms with Gasteiger partial charge in [-0.2, -0.15) is 0 Å². The van der Waals surface area contributed by atoms with Crippen LogP contribution < -0.4 is 4.74 Å². The summed E-state index contributed by atoms with van der Waals surface area (Å²) in [5.41, 5.74) is 0.354. The van der Waals surface area contributed by atoms with Gasteiger partial charge < -0.3 is 9.47 Å². The van der Waals surface area contributed by atoms with E-state index in [1.165, 1.54) is 19.3 Å². The first-order chi connectivity index (χ1) is 10.2. The van der Waals surface area contributed by atoms with Gasteiger partial charge in [0.05, 0.1) is 12.7 Å². The summed E-state index contributed by atoms with van der Waals surface area (Å²) in [6.45, 7) is 2.17. The molecule has 1 aromatic rings. The topological polar surface area (TPSA) is 52.6 Å². The average molecular weight is 316 g/mol. The van der Waals surface area contributed by atoms with Gasteiger partial charge in [-0.15, -0.1) is 0 Å². The van der Waals surface area contributed by atoms with E-state index in [1.54, 1.807) is 31.4 Å². The molecule has 0 N–H and O–H groups in total. The Morgan fingerprint density at radius 2 is 1.55 bits per heavy atom. The molecule has 1 aromatic carbocycles. The molecule has 0 aliphatic rings. The van der Waals surface area contributed by atoms with Crippen molar-refractivity contribution < 1.29 is 19.1 Å². The van der Waals surface area contributed by atoms with Crippen LogP contribution in [-0.4, -0.2) is 48.6 Å². The fourth-order valence-electron chi connectivity index (χ4n) is 1.99. The predicted octanol–water partition coefficient (Wildman–Crippen LogP) is 3.48. The summed E-state index contributed by atoms with van der Waals surface area (Å²) >= 11 is 0. The molecule has 0 aliphatic heterocycles. The summed E-state index contributed by atoms with van der Waals surface area (Å²) < 4.78 is 9.82. The summed E-state index contributed by atoms with van der Waals surface area (Å²) in [4.78, 5) is 23.3. The van der Waals surface area contributed by atoms with Crippen molar-refractivity contribution in [2.75, 3.05) is 7.11 Å². The van der Waals surface area contributed by atoms with Gasteiger partial charge in [0.1, 0.15) is 5.75 Å². The average Bonchev–Trinajstić information content (AvgIpc) is 2.50. The number of methoxy groups -OCH3 is 1. The molecule has 0 fully saturated rings. The Kier molecular flexibility index (Phi) is 12.2. The third-order valence-electron chi connectivity index (χ3n) is 3.27. The first-order valence-electron chi connectivity index (χ1n) is 7.56. The molecule has 0 bridgehead atoms. The fourth-order valence-corrected chi connectivity index (χ4v) is 1.99. The van der Waals surface area contributed by atoms with Crippen molar-refractivity contribution >= 4 is 41.5 Å². The molecule has 4 nitrogen and oxygen atoms in total. The van der Waals surface area contributed by atoms with Crippen LogP contribution >= 0.6 is 0 Å². The SMILES string of the molecule is CCCCCCCCC(=O)OC(=O)c1ccc(OC)cc1.[NaH]. The van der Waals surface area contributed by atoms with Crippen molar-refractivity contribution in [3.8, 4) is 5.75 Å². The molecule has 1 rings (SSSR count). The van der Waals surface area contributed by atoms with Crippen molar-refractivity contribution in [2.45, 2.75) is 51.9 Å². The molecule has 0 heterocycles. The van der Waals surface area contributed by atoms with Crippen LogP contribution in [0.5, 0.6) is 5.75 Å². The summed E-state index contributed by atoms with van der Waals surface area (Å²) in [6.07, 6.45) is 6.86. The van der Waals surface area contributed by atoms with Gasteiger partial charge in [-0.1, -0.05) is 39.0 Å². The predicted molar refractivity (Wildman–Crippen MR) is 88.6 cm³/mol. The Morgan fingerprint density at radius 1 is 0.955 bits per heavy atom. The van der Waals surface area contributed by atoms with Crippen LogP contribution in [-0.2, 0) is 9.53 Å². The molecule has 0 unspecified atom stereocenters. The number of ether oxygens (including phenoxy) is 2. The van der Waals surface area contributed by atoms with Crippen LogP contribution in [0.4, 0.5) is 0 Å². The number of unbranched alkanes of at least 4 members (excludes halogenated alkanes) is 5. The maximum atomic E-state index is 11.7. The normalized spacial score (nSPS) is 9.73. The minimum atomic E-state index is -0.603. The van der Waals surface area contributed by atoms with Crippen LogP contribution in [0.2, 0.25) is 0 Å². The fraction of sp³-hybridized carbons (Fsp3) is 0.529. The standard InChI is InChI=1S/C17H24O4.Na.H/c1-3-4-5-6-7-8-9-16(18)21-17(19)14-10-12-15(20-2)13-11-14;;/h10-13H,3-9H2,1-2H3;;. The molecule has 0 aliphatic carbocycles. The van der Waals surface area contributed by atoms with Crippen molar-refractivity contribution in [2.24, 2.45) is 0 Å². The second-order valence-corrected chi connectivity index (χ2v) is 5.01. The zero-order valence-electron chi connectivity index (χ0n) is 12.9. The number of hydrogen-bond acceptors (Lipinski definition) is 4. The van der Waals surface area contributed by atoms with Gasteiger partial charge in [-0.25, -0.2) is 4.79 Å². The zero-order chi connectivity index (χ0) is 15.5. The van der Waals surface area contributed by atoms with Gasteiger partial charge in [0.15, 0.2) is 0 Å². The van der Waals surface area contributed by atoms with Crippen LogP contribution in [0, 0.1) is 0 Å².